The van der Waals surface area contributed by atoms with Crippen LogP contribution in [0.15, 0.2) is 84.3 Å². The molecular formula is C24H21N5O2. The summed E-state index contributed by atoms with van der Waals surface area (Å²) in [4.78, 5) is 22.6. The minimum Gasteiger partial charge on any atom is -0.495 e. The van der Waals surface area contributed by atoms with Crippen LogP contribution < -0.4 is 15.4 Å². The van der Waals surface area contributed by atoms with Crippen molar-refractivity contribution in [2.75, 3.05) is 17.7 Å². The van der Waals surface area contributed by atoms with E-state index >= 15 is 0 Å². The van der Waals surface area contributed by atoms with Gasteiger partial charge in [-0.15, -0.1) is 0 Å². The number of aromatic nitrogens is 3. The third-order valence-corrected chi connectivity index (χ3v) is 5.43. The molecule has 1 amide bonds. The molecule has 0 unspecified atom stereocenters. The lowest BCUT2D eigenvalue weighted by Gasteiger charge is -2.30. The molecule has 1 aliphatic heterocycles. The highest BCUT2D eigenvalue weighted by Gasteiger charge is 2.34. The summed E-state index contributed by atoms with van der Waals surface area (Å²) in [5, 5.41) is 6.33. The average molecular weight is 411 g/mol. The van der Waals surface area contributed by atoms with Gasteiger partial charge >= 0.3 is 0 Å². The maximum atomic E-state index is 13.6. The Balaban J connectivity index is 1.65. The SMILES string of the molecule is COc1ccccc1NC(=O)C1=C(C)Nc2nc3ccccc3n2[C@@H]1c1cccnc1. The Morgan fingerprint density at radius 1 is 1.10 bits per heavy atom. The number of para-hydroxylation sites is 4. The number of nitrogens with zero attached hydrogens (tertiary/aromatic N) is 3. The van der Waals surface area contributed by atoms with Gasteiger partial charge in [0.15, 0.2) is 0 Å². The Labute approximate surface area is 179 Å². The summed E-state index contributed by atoms with van der Waals surface area (Å²) in [5.74, 6) is 1.08. The zero-order valence-corrected chi connectivity index (χ0v) is 17.2. The third kappa shape index (κ3) is 3.20. The second-order valence-electron chi connectivity index (χ2n) is 7.30. The number of nitrogens with one attached hydrogen (secondary N) is 2. The van der Waals surface area contributed by atoms with Gasteiger partial charge in [0.25, 0.3) is 5.91 Å². The molecule has 7 nitrogen and oxygen atoms in total. The largest absolute Gasteiger partial charge is 0.495 e. The van der Waals surface area contributed by atoms with E-state index in [4.69, 9.17) is 9.72 Å². The monoisotopic (exact) mass is 411 g/mol. The second-order valence-corrected chi connectivity index (χ2v) is 7.30. The molecule has 0 bridgehead atoms. The number of allylic oxidation sites excluding steroid dienone is 1. The minimum atomic E-state index is -0.382. The Kier molecular flexibility index (Phi) is 4.63. The molecule has 2 N–H and O–H groups in total. The number of carbonyl (C=O) groups is 1. The topological polar surface area (TPSA) is 81.1 Å². The lowest BCUT2D eigenvalue weighted by molar-refractivity contribution is -0.113. The first kappa shape index (κ1) is 18.9. The van der Waals surface area contributed by atoms with Crippen LogP contribution >= 0.6 is 0 Å². The quantitative estimate of drug-likeness (QED) is 0.521. The highest BCUT2D eigenvalue weighted by molar-refractivity contribution is 6.07. The predicted octanol–water partition coefficient (Wildman–Crippen LogP) is 4.37. The van der Waals surface area contributed by atoms with Gasteiger partial charge in [-0.2, -0.15) is 0 Å². The summed E-state index contributed by atoms with van der Waals surface area (Å²) in [6.45, 7) is 1.89. The fourth-order valence-electron chi connectivity index (χ4n) is 4.05. The summed E-state index contributed by atoms with van der Waals surface area (Å²) in [7, 11) is 1.58. The molecule has 154 valence electrons. The Morgan fingerprint density at radius 2 is 1.90 bits per heavy atom. The first-order chi connectivity index (χ1) is 15.2. The van der Waals surface area contributed by atoms with E-state index in [-0.39, 0.29) is 11.9 Å². The zero-order chi connectivity index (χ0) is 21.4. The zero-order valence-electron chi connectivity index (χ0n) is 17.2. The molecule has 0 saturated carbocycles. The van der Waals surface area contributed by atoms with Crippen LogP contribution in [0.4, 0.5) is 11.6 Å². The van der Waals surface area contributed by atoms with Gasteiger partial charge in [0, 0.05) is 18.1 Å². The van der Waals surface area contributed by atoms with Gasteiger partial charge in [-0.05, 0) is 42.8 Å². The van der Waals surface area contributed by atoms with Crippen molar-refractivity contribution in [3.8, 4) is 5.75 Å². The number of pyridine rings is 1. The standard InChI is InChI=1S/C24H21N5O2/c1-15-21(23(30)27-18-10-4-6-12-20(18)31-2)22(16-8-7-13-25-14-16)29-19-11-5-3-9-17(19)28-24(29)26-15/h3-14,22H,1-2H3,(H,26,28)(H,27,30)/t22-/m1/s1. The fourth-order valence-corrected chi connectivity index (χ4v) is 4.05. The number of anilines is 2. The smallest absolute Gasteiger partial charge is 0.255 e. The predicted molar refractivity (Wildman–Crippen MR) is 120 cm³/mol. The van der Waals surface area contributed by atoms with Crippen LogP contribution in [0.1, 0.15) is 18.5 Å². The van der Waals surface area contributed by atoms with Crippen molar-refractivity contribution in [3.63, 3.8) is 0 Å². The summed E-state index contributed by atoms with van der Waals surface area (Å²) < 4.78 is 7.45. The number of benzene rings is 2. The van der Waals surface area contributed by atoms with E-state index in [2.05, 4.69) is 20.2 Å². The van der Waals surface area contributed by atoms with Gasteiger partial charge in [0.2, 0.25) is 5.95 Å². The van der Waals surface area contributed by atoms with Crippen molar-refractivity contribution < 1.29 is 9.53 Å². The van der Waals surface area contributed by atoms with Crippen LogP contribution in [0.2, 0.25) is 0 Å². The van der Waals surface area contributed by atoms with Gasteiger partial charge in [0.1, 0.15) is 5.75 Å². The van der Waals surface area contributed by atoms with E-state index in [9.17, 15) is 4.79 Å². The molecular weight excluding hydrogens is 390 g/mol. The lowest BCUT2D eigenvalue weighted by Crippen LogP contribution is -2.31. The number of carbonyl (C=O) groups excluding carboxylic acids is 1. The van der Waals surface area contributed by atoms with Crippen molar-refractivity contribution in [1.29, 1.82) is 0 Å². The Bertz CT molecular complexity index is 1310. The van der Waals surface area contributed by atoms with Crippen LogP contribution in [0, 0.1) is 0 Å². The van der Waals surface area contributed by atoms with Gasteiger partial charge in [-0.3, -0.25) is 14.3 Å². The Hall–Kier alpha value is -4.13. The number of hydrogen-bond acceptors (Lipinski definition) is 5. The fraction of sp³-hybridized carbons (Fsp3) is 0.125. The molecule has 2 aromatic heterocycles. The van der Waals surface area contributed by atoms with Crippen molar-refractivity contribution >= 4 is 28.6 Å². The minimum absolute atomic E-state index is 0.216. The van der Waals surface area contributed by atoms with Gasteiger partial charge in [-0.1, -0.05) is 30.3 Å². The van der Waals surface area contributed by atoms with Gasteiger partial charge in [0.05, 0.1) is 35.4 Å². The number of methoxy groups -OCH3 is 1. The van der Waals surface area contributed by atoms with E-state index in [1.165, 1.54) is 0 Å². The molecule has 3 heterocycles. The average Bonchev–Trinajstić information content (AvgIpc) is 3.16. The molecule has 4 aromatic rings. The molecule has 1 atom stereocenters. The molecule has 5 rings (SSSR count). The van der Waals surface area contributed by atoms with Gasteiger partial charge in [-0.25, -0.2) is 4.98 Å². The number of imidazole rings is 1. The molecule has 0 spiro atoms. The Morgan fingerprint density at radius 3 is 2.71 bits per heavy atom. The third-order valence-electron chi connectivity index (χ3n) is 5.43. The first-order valence-electron chi connectivity index (χ1n) is 9.96. The molecule has 7 heteroatoms. The molecule has 2 aromatic carbocycles. The van der Waals surface area contributed by atoms with E-state index < -0.39 is 0 Å². The number of hydrogen-bond donors (Lipinski definition) is 2. The summed E-state index contributed by atoms with van der Waals surface area (Å²) in [6.07, 6.45) is 3.51. The summed E-state index contributed by atoms with van der Waals surface area (Å²) >= 11 is 0. The second kappa shape index (κ2) is 7.60. The van der Waals surface area contributed by atoms with E-state index in [1.807, 2.05) is 67.6 Å². The number of rotatable bonds is 4. The van der Waals surface area contributed by atoms with Crippen LogP contribution in [0.25, 0.3) is 11.0 Å². The highest BCUT2D eigenvalue weighted by atomic mass is 16.5. The van der Waals surface area contributed by atoms with E-state index in [0.717, 1.165) is 22.3 Å². The number of amides is 1. The lowest BCUT2D eigenvalue weighted by atomic mass is 9.95. The number of ether oxygens (including phenoxy) is 1. The first-order valence-corrected chi connectivity index (χ1v) is 9.96. The van der Waals surface area contributed by atoms with E-state index in [1.54, 1.807) is 19.5 Å². The summed E-state index contributed by atoms with van der Waals surface area (Å²) in [5.41, 5.74) is 4.64. The van der Waals surface area contributed by atoms with Crippen molar-refractivity contribution in [2.24, 2.45) is 0 Å². The van der Waals surface area contributed by atoms with Crippen LogP contribution in [-0.2, 0) is 4.79 Å². The molecule has 1 aliphatic rings. The molecule has 0 radical (unpaired) electrons. The van der Waals surface area contributed by atoms with Gasteiger partial charge < -0.3 is 15.4 Å². The molecule has 0 saturated heterocycles. The maximum Gasteiger partial charge on any atom is 0.255 e. The van der Waals surface area contributed by atoms with E-state index in [0.29, 0.717) is 23.0 Å². The number of fused-ring (bicyclic) bond motifs is 3. The summed E-state index contributed by atoms with van der Waals surface area (Å²) in [6, 6.07) is 18.7. The van der Waals surface area contributed by atoms with Crippen LogP contribution in [0.5, 0.6) is 5.75 Å². The van der Waals surface area contributed by atoms with Crippen molar-refractivity contribution in [3.05, 3.63) is 89.9 Å². The molecule has 0 fully saturated rings. The van der Waals surface area contributed by atoms with Crippen LogP contribution in [-0.4, -0.2) is 27.6 Å². The molecule has 0 aliphatic carbocycles. The highest BCUT2D eigenvalue weighted by Crippen LogP contribution is 2.39. The molecule has 31 heavy (non-hydrogen) atoms. The van der Waals surface area contributed by atoms with Crippen LogP contribution in [0.3, 0.4) is 0 Å². The van der Waals surface area contributed by atoms with Crippen molar-refractivity contribution in [2.45, 2.75) is 13.0 Å². The normalized spacial score (nSPS) is 15.4. The maximum absolute atomic E-state index is 13.6. The van der Waals surface area contributed by atoms with Crippen molar-refractivity contribution in [1.82, 2.24) is 14.5 Å².